The quantitative estimate of drug-likeness (QED) is 0.514. The molecular weight excluding hydrogens is 136 g/mol. The normalized spacial score (nSPS) is 9.00. The predicted octanol–water partition coefficient (Wildman–Crippen LogP) is -0.235. The zero-order valence-corrected chi connectivity index (χ0v) is 6.05. The highest BCUT2D eigenvalue weighted by Gasteiger charge is 2.01. The summed E-state index contributed by atoms with van der Waals surface area (Å²) in [5, 5.41) is 0. The van der Waals surface area contributed by atoms with Crippen molar-refractivity contribution in [2.24, 2.45) is 0 Å². The van der Waals surface area contributed by atoms with Gasteiger partial charge >= 0.3 is 5.97 Å². The molecule has 0 heterocycles. The van der Waals surface area contributed by atoms with E-state index in [1.165, 1.54) is 14.0 Å². The number of carbonyl (C=O) groups is 2. The van der Waals surface area contributed by atoms with Crippen LogP contribution in [0.1, 0.15) is 6.92 Å². The highest BCUT2D eigenvalue weighted by Crippen LogP contribution is 1.79. The number of esters is 1. The summed E-state index contributed by atoms with van der Waals surface area (Å²) < 4.78 is 8.88. The zero-order chi connectivity index (χ0) is 7.98. The van der Waals surface area contributed by atoms with E-state index in [1.54, 1.807) is 0 Å². The standard InChI is InChI=1S/C6H10O4/c1-5(7)3-10-6(8)4-9-2/h3-4H2,1-2H3. The van der Waals surface area contributed by atoms with Crippen LogP contribution >= 0.6 is 0 Å². The molecule has 4 heteroatoms. The molecule has 0 aromatic rings. The SMILES string of the molecule is COCC(=O)OCC(C)=O. The Bertz CT molecular complexity index is 130. The highest BCUT2D eigenvalue weighted by atomic mass is 16.6. The molecule has 0 aromatic heterocycles. The van der Waals surface area contributed by atoms with Gasteiger partial charge in [-0.25, -0.2) is 4.79 Å². The minimum Gasteiger partial charge on any atom is -0.456 e. The van der Waals surface area contributed by atoms with Gasteiger partial charge in [0.2, 0.25) is 0 Å². The number of ketones is 1. The third-order valence-corrected chi connectivity index (χ3v) is 0.699. The van der Waals surface area contributed by atoms with Crippen molar-refractivity contribution < 1.29 is 19.1 Å². The van der Waals surface area contributed by atoms with Gasteiger partial charge in [0.25, 0.3) is 0 Å². The Kier molecular flexibility index (Phi) is 4.49. The van der Waals surface area contributed by atoms with Crippen molar-refractivity contribution in [2.75, 3.05) is 20.3 Å². The summed E-state index contributed by atoms with van der Waals surface area (Å²) in [6.45, 7) is 1.08. The molecule has 0 aliphatic heterocycles. The minimum atomic E-state index is -0.516. The van der Waals surface area contributed by atoms with Crippen LogP contribution in [0.15, 0.2) is 0 Å². The summed E-state index contributed by atoms with van der Waals surface area (Å²) in [7, 11) is 1.38. The number of rotatable bonds is 4. The van der Waals surface area contributed by atoms with E-state index in [1.807, 2.05) is 0 Å². The fourth-order valence-electron chi connectivity index (χ4n) is 0.342. The molecule has 0 bridgehead atoms. The smallest absolute Gasteiger partial charge is 0.332 e. The van der Waals surface area contributed by atoms with Crippen LogP contribution in [0.5, 0.6) is 0 Å². The molecule has 0 aliphatic carbocycles. The summed E-state index contributed by atoms with van der Waals surface area (Å²) in [6.07, 6.45) is 0. The second kappa shape index (κ2) is 4.93. The molecule has 0 N–H and O–H groups in total. The molecule has 0 amide bonds. The van der Waals surface area contributed by atoms with Crippen molar-refractivity contribution in [1.29, 1.82) is 0 Å². The Morgan fingerprint density at radius 3 is 2.30 bits per heavy atom. The Labute approximate surface area is 59.1 Å². The third-order valence-electron chi connectivity index (χ3n) is 0.699. The molecule has 0 rings (SSSR count). The monoisotopic (exact) mass is 146 g/mol. The van der Waals surface area contributed by atoms with Crippen molar-refractivity contribution in [3.8, 4) is 0 Å². The number of hydrogen-bond acceptors (Lipinski definition) is 4. The van der Waals surface area contributed by atoms with E-state index in [2.05, 4.69) is 9.47 Å². The lowest BCUT2D eigenvalue weighted by molar-refractivity contribution is -0.151. The lowest BCUT2D eigenvalue weighted by Gasteiger charge is -1.99. The Hall–Kier alpha value is -0.900. The van der Waals surface area contributed by atoms with Gasteiger partial charge in [-0.1, -0.05) is 0 Å². The number of Topliss-reactive ketones (excluding diaryl/α,β-unsaturated/α-hetero) is 1. The van der Waals surface area contributed by atoms with Gasteiger partial charge in [0.15, 0.2) is 5.78 Å². The maximum absolute atomic E-state index is 10.4. The van der Waals surface area contributed by atoms with E-state index in [4.69, 9.17) is 0 Å². The van der Waals surface area contributed by atoms with Gasteiger partial charge in [0.05, 0.1) is 0 Å². The molecule has 0 saturated heterocycles. The molecule has 0 fully saturated rings. The van der Waals surface area contributed by atoms with E-state index in [0.717, 1.165) is 0 Å². The van der Waals surface area contributed by atoms with Crippen LogP contribution in [0.4, 0.5) is 0 Å². The van der Waals surface area contributed by atoms with Crippen molar-refractivity contribution in [3.63, 3.8) is 0 Å². The molecule has 0 spiro atoms. The number of methoxy groups -OCH3 is 1. The van der Waals surface area contributed by atoms with Crippen LogP contribution in [0, 0.1) is 0 Å². The fourth-order valence-corrected chi connectivity index (χ4v) is 0.342. The third kappa shape index (κ3) is 5.24. The van der Waals surface area contributed by atoms with Crippen molar-refractivity contribution >= 4 is 11.8 Å². The van der Waals surface area contributed by atoms with Crippen molar-refractivity contribution in [3.05, 3.63) is 0 Å². The van der Waals surface area contributed by atoms with Crippen LogP contribution in [-0.4, -0.2) is 32.1 Å². The van der Waals surface area contributed by atoms with Crippen molar-refractivity contribution in [2.45, 2.75) is 6.92 Å². The average molecular weight is 146 g/mol. The molecule has 0 atom stereocenters. The first-order valence-corrected chi connectivity index (χ1v) is 2.81. The van der Waals surface area contributed by atoms with Crippen LogP contribution in [0.3, 0.4) is 0 Å². The van der Waals surface area contributed by atoms with Crippen LogP contribution in [-0.2, 0) is 19.1 Å². The van der Waals surface area contributed by atoms with Gasteiger partial charge in [-0.15, -0.1) is 0 Å². The Balaban J connectivity index is 3.30. The maximum Gasteiger partial charge on any atom is 0.332 e. The van der Waals surface area contributed by atoms with Crippen LogP contribution < -0.4 is 0 Å². The minimum absolute atomic E-state index is 0.104. The van der Waals surface area contributed by atoms with Gasteiger partial charge < -0.3 is 9.47 Å². The van der Waals surface area contributed by atoms with Gasteiger partial charge in [0.1, 0.15) is 13.2 Å². The summed E-state index contributed by atoms with van der Waals surface area (Å²) >= 11 is 0. The van der Waals surface area contributed by atoms with Crippen LogP contribution in [0.25, 0.3) is 0 Å². The van der Waals surface area contributed by atoms with E-state index < -0.39 is 5.97 Å². The first kappa shape index (κ1) is 9.10. The maximum atomic E-state index is 10.4. The number of hydrogen-bond donors (Lipinski definition) is 0. The molecule has 0 aromatic carbocycles. The summed E-state index contributed by atoms with van der Waals surface area (Å²) in [4.78, 5) is 20.7. The van der Waals surface area contributed by atoms with E-state index in [9.17, 15) is 9.59 Å². The molecular formula is C6H10O4. The first-order chi connectivity index (χ1) is 4.66. The molecule has 10 heavy (non-hydrogen) atoms. The van der Waals surface area contributed by atoms with Crippen molar-refractivity contribution in [1.82, 2.24) is 0 Å². The first-order valence-electron chi connectivity index (χ1n) is 2.81. The van der Waals surface area contributed by atoms with E-state index in [-0.39, 0.29) is 19.0 Å². The van der Waals surface area contributed by atoms with E-state index in [0.29, 0.717) is 0 Å². The molecule has 0 unspecified atom stereocenters. The second-order valence-corrected chi connectivity index (χ2v) is 1.80. The fraction of sp³-hybridized carbons (Fsp3) is 0.667. The topological polar surface area (TPSA) is 52.6 Å². The molecule has 0 saturated carbocycles. The molecule has 58 valence electrons. The predicted molar refractivity (Wildman–Crippen MR) is 33.5 cm³/mol. The molecule has 0 aliphatic rings. The largest absolute Gasteiger partial charge is 0.456 e. The summed E-state index contributed by atoms with van der Waals surface area (Å²) in [6, 6.07) is 0. The average Bonchev–Trinajstić information content (AvgIpc) is 1.85. The highest BCUT2D eigenvalue weighted by molar-refractivity contribution is 5.80. The molecule has 4 nitrogen and oxygen atoms in total. The lowest BCUT2D eigenvalue weighted by Crippen LogP contribution is -2.15. The number of carbonyl (C=O) groups excluding carboxylic acids is 2. The van der Waals surface area contributed by atoms with Crippen LogP contribution in [0.2, 0.25) is 0 Å². The second-order valence-electron chi connectivity index (χ2n) is 1.80. The lowest BCUT2D eigenvalue weighted by atomic mass is 10.5. The Morgan fingerprint density at radius 1 is 1.30 bits per heavy atom. The summed E-state index contributed by atoms with van der Waals surface area (Å²) in [5.41, 5.74) is 0. The van der Waals surface area contributed by atoms with E-state index >= 15 is 0 Å². The molecule has 0 radical (unpaired) electrons. The van der Waals surface area contributed by atoms with Gasteiger partial charge in [-0.2, -0.15) is 0 Å². The number of ether oxygens (including phenoxy) is 2. The van der Waals surface area contributed by atoms with Gasteiger partial charge in [0, 0.05) is 7.11 Å². The van der Waals surface area contributed by atoms with Gasteiger partial charge in [-0.3, -0.25) is 4.79 Å². The summed E-state index contributed by atoms with van der Waals surface area (Å²) in [5.74, 6) is -0.692. The zero-order valence-electron chi connectivity index (χ0n) is 6.05. The van der Waals surface area contributed by atoms with Gasteiger partial charge in [-0.05, 0) is 6.92 Å². The Morgan fingerprint density at radius 2 is 1.90 bits per heavy atom.